The maximum atomic E-state index is 12.5. The van der Waals surface area contributed by atoms with Crippen LogP contribution >= 0.6 is 0 Å². The standard InChI is InChI=1S/C15H28N2O3/c1-14(2,3)11(13(19)20)12(18)17(6)10-15(16(4)5)8-7-9-15/h11H,7-10H2,1-6H3,(H,19,20). The molecule has 1 rings (SSSR count). The van der Waals surface area contributed by atoms with Crippen LogP contribution in [0.4, 0.5) is 0 Å². The molecule has 5 nitrogen and oxygen atoms in total. The van der Waals surface area contributed by atoms with E-state index in [1.807, 2.05) is 14.1 Å². The topological polar surface area (TPSA) is 60.9 Å². The molecule has 1 atom stereocenters. The number of hydrogen-bond acceptors (Lipinski definition) is 3. The van der Waals surface area contributed by atoms with Gasteiger partial charge in [0.2, 0.25) is 5.91 Å². The number of aliphatic carboxylic acids is 1. The van der Waals surface area contributed by atoms with E-state index in [4.69, 9.17) is 0 Å². The number of carbonyl (C=O) groups excluding carboxylic acids is 1. The summed E-state index contributed by atoms with van der Waals surface area (Å²) in [5.74, 6) is -2.33. The lowest BCUT2D eigenvalue weighted by Crippen LogP contribution is -2.58. The molecule has 0 aliphatic heterocycles. The number of rotatable bonds is 5. The number of amides is 1. The second kappa shape index (κ2) is 5.72. The molecule has 1 fully saturated rings. The van der Waals surface area contributed by atoms with Gasteiger partial charge in [0.25, 0.3) is 0 Å². The van der Waals surface area contributed by atoms with Crippen molar-refractivity contribution in [2.24, 2.45) is 11.3 Å². The van der Waals surface area contributed by atoms with Crippen LogP contribution in [0.25, 0.3) is 0 Å². The van der Waals surface area contributed by atoms with E-state index in [9.17, 15) is 14.7 Å². The maximum absolute atomic E-state index is 12.5. The molecule has 0 aromatic heterocycles. The molecule has 1 N–H and O–H groups in total. The summed E-state index contributed by atoms with van der Waals surface area (Å²) in [6, 6.07) is 0. The summed E-state index contributed by atoms with van der Waals surface area (Å²) in [7, 11) is 5.76. The number of carboxylic acid groups (broad SMARTS) is 1. The molecule has 5 heteroatoms. The fourth-order valence-electron chi connectivity index (χ4n) is 2.92. The van der Waals surface area contributed by atoms with Crippen LogP contribution in [-0.4, -0.2) is 60.0 Å². The van der Waals surface area contributed by atoms with Gasteiger partial charge in [0.05, 0.1) is 0 Å². The molecular formula is C15H28N2O3. The first kappa shape index (κ1) is 17.0. The zero-order valence-electron chi connectivity index (χ0n) is 13.6. The van der Waals surface area contributed by atoms with Crippen LogP contribution < -0.4 is 0 Å². The van der Waals surface area contributed by atoms with Gasteiger partial charge in [0, 0.05) is 19.1 Å². The van der Waals surface area contributed by atoms with Crippen molar-refractivity contribution in [3.05, 3.63) is 0 Å². The van der Waals surface area contributed by atoms with Crippen molar-refractivity contribution in [2.45, 2.75) is 45.6 Å². The van der Waals surface area contributed by atoms with E-state index in [1.54, 1.807) is 32.7 Å². The molecule has 1 aliphatic carbocycles. The fourth-order valence-corrected chi connectivity index (χ4v) is 2.92. The summed E-state index contributed by atoms with van der Waals surface area (Å²) in [6.07, 6.45) is 3.29. The molecule has 1 unspecified atom stereocenters. The van der Waals surface area contributed by atoms with Crippen molar-refractivity contribution < 1.29 is 14.7 Å². The van der Waals surface area contributed by atoms with Crippen LogP contribution in [0.2, 0.25) is 0 Å². The van der Waals surface area contributed by atoms with E-state index in [-0.39, 0.29) is 11.4 Å². The van der Waals surface area contributed by atoms with E-state index in [0.29, 0.717) is 6.54 Å². The van der Waals surface area contributed by atoms with Gasteiger partial charge in [0.1, 0.15) is 5.92 Å². The first-order valence-corrected chi connectivity index (χ1v) is 7.16. The Bertz CT molecular complexity index is 381. The molecule has 0 saturated heterocycles. The number of carboxylic acids is 1. The van der Waals surface area contributed by atoms with Crippen LogP contribution in [0, 0.1) is 11.3 Å². The third kappa shape index (κ3) is 3.32. The second-order valence-corrected chi connectivity index (χ2v) is 7.30. The molecular weight excluding hydrogens is 256 g/mol. The van der Waals surface area contributed by atoms with Gasteiger partial charge in [-0.25, -0.2) is 0 Å². The smallest absolute Gasteiger partial charge is 0.316 e. The highest BCUT2D eigenvalue weighted by Crippen LogP contribution is 2.37. The maximum Gasteiger partial charge on any atom is 0.316 e. The molecule has 1 aliphatic rings. The average molecular weight is 284 g/mol. The molecule has 0 aromatic carbocycles. The Balaban J connectivity index is 2.83. The number of likely N-dealkylation sites (N-methyl/N-ethyl adjacent to an activating group) is 2. The Kier molecular flexibility index (Phi) is 4.85. The van der Waals surface area contributed by atoms with Gasteiger partial charge in [-0.1, -0.05) is 20.8 Å². The minimum Gasteiger partial charge on any atom is -0.481 e. The van der Waals surface area contributed by atoms with E-state index in [2.05, 4.69) is 4.90 Å². The lowest BCUT2D eigenvalue weighted by Gasteiger charge is -2.49. The van der Waals surface area contributed by atoms with Crippen molar-refractivity contribution in [2.75, 3.05) is 27.7 Å². The second-order valence-electron chi connectivity index (χ2n) is 7.30. The lowest BCUT2D eigenvalue weighted by molar-refractivity contribution is -0.156. The first-order chi connectivity index (χ1) is 9.01. The van der Waals surface area contributed by atoms with Gasteiger partial charge in [0.15, 0.2) is 0 Å². The highest BCUT2D eigenvalue weighted by atomic mass is 16.4. The fraction of sp³-hybridized carbons (Fsp3) is 0.867. The normalized spacial score (nSPS) is 19.4. The molecule has 116 valence electrons. The number of hydrogen-bond donors (Lipinski definition) is 1. The Morgan fingerprint density at radius 2 is 1.70 bits per heavy atom. The summed E-state index contributed by atoms with van der Waals surface area (Å²) in [5.41, 5.74) is -0.562. The van der Waals surface area contributed by atoms with Crippen molar-refractivity contribution in [1.82, 2.24) is 9.80 Å². The minimum absolute atomic E-state index is 0.0192. The molecule has 0 heterocycles. The summed E-state index contributed by atoms with van der Waals surface area (Å²) in [4.78, 5) is 27.7. The molecule has 1 amide bonds. The summed E-state index contributed by atoms with van der Waals surface area (Å²) in [5, 5.41) is 9.35. The summed E-state index contributed by atoms with van der Waals surface area (Å²) < 4.78 is 0. The van der Waals surface area contributed by atoms with Crippen LogP contribution in [0.15, 0.2) is 0 Å². The van der Waals surface area contributed by atoms with Crippen LogP contribution in [-0.2, 0) is 9.59 Å². The predicted molar refractivity (Wildman–Crippen MR) is 78.5 cm³/mol. The Hall–Kier alpha value is -1.10. The monoisotopic (exact) mass is 284 g/mol. The highest BCUT2D eigenvalue weighted by Gasteiger charge is 2.44. The third-order valence-electron chi connectivity index (χ3n) is 4.50. The van der Waals surface area contributed by atoms with Gasteiger partial charge in [-0.05, 0) is 38.8 Å². The van der Waals surface area contributed by atoms with Crippen LogP contribution in [0.3, 0.4) is 0 Å². The van der Waals surface area contributed by atoms with Gasteiger partial charge in [-0.2, -0.15) is 0 Å². The predicted octanol–water partition coefficient (Wildman–Crippen LogP) is 1.68. The first-order valence-electron chi connectivity index (χ1n) is 7.16. The SMILES string of the molecule is CN(CC1(N(C)C)CCC1)C(=O)C(C(=O)O)C(C)(C)C. The average Bonchev–Trinajstić information content (AvgIpc) is 2.19. The van der Waals surface area contributed by atoms with Crippen molar-refractivity contribution >= 4 is 11.9 Å². The zero-order valence-corrected chi connectivity index (χ0v) is 13.6. The van der Waals surface area contributed by atoms with Gasteiger partial charge in [-0.3, -0.25) is 9.59 Å². The van der Waals surface area contributed by atoms with Gasteiger partial charge in [-0.15, -0.1) is 0 Å². The number of carbonyl (C=O) groups is 2. The van der Waals surface area contributed by atoms with E-state index >= 15 is 0 Å². The Morgan fingerprint density at radius 3 is 1.95 bits per heavy atom. The Labute approximate surface area is 121 Å². The number of nitrogens with zero attached hydrogens (tertiary/aromatic N) is 2. The van der Waals surface area contributed by atoms with E-state index < -0.39 is 17.3 Å². The van der Waals surface area contributed by atoms with Crippen LogP contribution in [0.1, 0.15) is 40.0 Å². The Morgan fingerprint density at radius 1 is 1.20 bits per heavy atom. The highest BCUT2D eigenvalue weighted by molar-refractivity contribution is 5.97. The minimum atomic E-state index is -1.04. The van der Waals surface area contributed by atoms with Gasteiger partial charge < -0.3 is 14.9 Å². The largest absolute Gasteiger partial charge is 0.481 e. The third-order valence-corrected chi connectivity index (χ3v) is 4.50. The quantitative estimate of drug-likeness (QED) is 0.780. The van der Waals surface area contributed by atoms with Gasteiger partial charge >= 0.3 is 5.97 Å². The molecule has 20 heavy (non-hydrogen) atoms. The summed E-state index contributed by atoms with van der Waals surface area (Å²) >= 11 is 0. The van der Waals surface area contributed by atoms with Crippen molar-refractivity contribution in [3.8, 4) is 0 Å². The van der Waals surface area contributed by atoms with Crippen molar-refractivity contribution in [3.63, 3.8) is 0 Å². The molecule has 0 radical (unpaired) electrons. The van der Waals surface area contributed by atoms with Crippen LogP contribution in [0.5, 0.6) is 0 Å². The molecule has 0 spiro atoms. The summed E-state index contributed by atoms with van der Waals surface area (Å²) in [6.45, 7) is 5.98. The molecule has 1 saturated carbocycles. The lowest BCUT2D eigenvalue weighted by atomic mass is 9.74. The molecule has 0 bridgehead atoms. The zero-order chi connectivity index (χ0) is 15.7. The van der Waals surface area contributed by atoms with E-state index in [0.717, 1.165) is 12.8 Å². The van der Waals surface area contributed by atoms with Crippen molar-refractivity contribution in [1.29, 1.82) is 0 Å². The molecule has 0 aromatic rings. The van der Waals surface area contributed by atoms with E-state index in [1.165, 1.54) is 6.42 Å².